The monoisotopic (exact) mass is 376 g/mol. The Balaban J connectivity index is 1.70. The standard InChI is InChI=1S/C19H20N8O/c1-11(2)19(3,17-26-16(28-27-17)15-9-21-10-25-15)13-4-5-14(22-8-13)12-6-23-18(20)24-7-12/h4-11H,1-3H3,(H,21,25)(H2,20,23,24). The number of nitrogens with two attached hydrogens (primary N) is 1. The number of nitrogen functional groups attached to an aromatic ring is 1. The molecule has 0 aliphatic carbocycles. The second-order valence-electron chi connectivity index (χ2n) is 7.01. The zero-order chi connectivity index (χ0) is 19.7. The zero-order valence-corrected chi connectivity index (χ0v) is 15.8. The van der Waals surface area contributed by atoms with Gasteiger partial charge in [0.2, 0.25) is 5.95 Å². The summed E-state index contributed by atoms with van der Waals surface area (Å²) in [5.74, 6) is 1.44. The Labute approximate surface area is 161 Å². The van der Waals surface area contributed by atoms with Crippen LogP contribution in [0.3, 0.4) is 0 Å². The van der Waals surface area contributed by atoms with Crippen molar-refractivity contribution in [2.45, 2.75) is 26.2 Å². The largest absolute Gasteiger partial charge is 0.368 e. The first kappa shape index (κ1) is 17.8. The second kappa shape index (κ2) is 6.84. The predicted molar refractivity (Wildman–Crippen MR) is 103 cm³/mol. The molecule has 3 N–H and O–H groups in total. The Bertz CT molecular complexity index is 1050. The average Bonchev–Trinajstić information content (AvgIpc) is 3.40. The number of pyridine rings is 1. The van der Waals surface area contributed by atoms with Gasteiger partial charge in [0, 0.05) is 24.2 Å². The smallest absolute Gasteiger partial charge is 0.276 e. The molecule has 0 aromatic carbocycles. The van der Waals surface area contributed by atoms with Crippen molar-refractivity contribution in [1.82, 2.24) is 35.1 Å². The third-order valence-corrected chi connectivity index (χ3v) is 5.10. The van der Waals surface area contributed by atoms with Gasteiger partial charge in [-0.15, -0.1) is 0 Å². The maximum Gasteiger partial charge on any atom is 0.276 e. The van der Waals surface area contributed by atoms with E-state index < -0.39 is 5.41 Å². The number of nitrogens with zero attached hydrogens (tertiary/aromatic N) is 6. The van der Waals surface area contributed by atoms with E-state index in [9.17, 15) is 0 Å². The van der Waals surface area contributed by atoms with Gasteiger partial charge in [-0.25, -0.2) is 15.0 Å². The van der Waals surface area contributed by atoms with Crippen LogP contribution in [0.4, 0.5) is 5.95 Å². The highest BCUT2D eigenvalue weighted by Gasteiger charge is 2.38. The molecule has 4 rings (SSSR count). The number of nitrogens with one attached hydrogen (secondary N) is 1. The van der Waals surface area contributed by atoms with Crippen LogP contribution in [0.2, 0.25) is 0 Å². The van der Waals surface area contributed by atoms with Crippen LogP contribution in [-0.4, -0.2) is 35.1 Å². The normalized spacial score (nSPS) is 13.6. The summed E-state index contributed by atoms with van der Waals surface area (Å²) >= 11 is 0. The van der Waals surface area contributed by atoms with E-state index in [2.05, 4.69) is 55.8 Å². The molecule has 0 aliphatic rings. The Morgan fingerprint density at radius 3 is 2.46 bits per heavy atom. The SMILES string of the molecule is CC(C)C(C)(c1ccc(-c2cnc(N)nc2)nc1)c1noc(-c2cnc[nH]2)n1. The van der Waals surface area contributed by atoms with E-state index in [1.54, 1.807) is 24.9 Å². The minimum atomic E-state index is -0.481. The first-order chi connectivity index (χ1) is 13.5. The molecule has 4 heterocycles. The average molecular weight is 376 g/mol. The van der Waals surface area contributed by atoms with E-state index >= 15 is 0 Å². The highest BCUT2D eigenvalue weighted by atomic mass is 16.5. The van der Waals surface area contributed by atoms with Crippen LogP contribution >= 0.6 is 0 Å². The number of hydrogen-bond donors (Lipinski definition) is 2. The van der Waals surface area contributed by atoms with Crippen molar-refractivity contribution < 1.29 is 4.52 Å². The summed E-state index contributed by atoms with van der Waals surface area (Å²) in [6.45, 7) is 6.32. The molecule has 142 valence electrons. The molecule has 0 saturated carbocycles. The second-order valence-corrected chi connectivity index (χ2v) is 7.01. The van der Waals surface area contributed by atoms with Crippen LogP contribution in [0.25, 0.3) is 22.8 Å². The van der Waals surface area contributed by atoms with Gasteiger partial charge in [-0.1, -0.05) is 25.1 Å². The number of imidazole rings is 1. The van der Waals surface area contributed by atoms with Gasteiger partial charge >= 0.3 is 0 Å². The van der Waals surface area contributed by atoms with Crippen LogP contribution in [0, 0.1) is 5.92 Å². The summed E-state index contributed by atoms with van der Waals surface area (Å²) in [5, 5.41) is 4.24. The fourth-order valence-corrected chi connectivity index (χ4v) is 2.98. The van der Waals surface area contributed by atoms with Gasteiger partial charge in [-0.3, -0.25) is 4.98 Å². The molecule has 4 aromatic heterocycles. The lowest BCUT2D eigenvalue weighted by molar-refractivity contribution is 0.350. The number of anilines is 1. The molecule has 0 radical (unpaired) electrons. The zero-order valence-electron chi connectivity index (χ0n) is 15.8. The summed E-state index contributed by atoms with van der Waals surface area (Å²) in [6.07, 6.45) is 8.36. The molecule has 0 aliphatic heterocycles. The summed E-state index contributed by atoms with van der Waals surface area (Å²) in [6, 6.07) is 3.95. The Morgan fingerprint density at radius 2 is 1.86 bits per heavy atom. The lowest BCUT2D eigenvalue weighted by Crippen LogP contribution is -2.31. The van der Waals surface area contributed by atoms with E-state index in [-0.39, 0.29) is 11.9 Å². The highest BCUT2D eigenvalue weighted by molar-refractivity contribution is 5.57. The summed E-state index contributed by atoms with van der Waals surface area (Å²) < 4.78 is 5.45. The van der Waals surface area contributed by atoms with Gasteiger partial charge in [0.1, 0.15) is 5.69 Å². The molecule has 28 heavy (non-hydrogen) atoms. The van der Waals surface area contributed by atoms with E-state index in [0.717, 1.165) is 16.8 Å². The Morgan fingerprint density at radius 1 is 1.07 bits per heavy atom. The molecule has 0 fully saturated rings. The van der Waals surface area contributed by atoms with Gasteiger partial charge in [0.15, 0.2) is 5.82 Å². The molecular weight excluding hydrogens is 356 g/mol. The quantitative estimate of drug-likeness (QED) is 0.543. The first-order valence-electron chi connectivity index (χ1n) is 8.86. The third-order valence-electron chi connectivity index (χ3n) is 5.10. The van der Waals surface area contributed by atoms with E-state index in [0.29, 0.717) is 17.4 Å². The van der Waals surface area contributed by atoms with Gasteiger partial charge in [-0.2, -0.15) is 4.98 Å². The molecule has 0 amide bonds. The molecule has 9 heteroatoms. The number of H-pyrrole nitrogens is 1. The van der Waals surface area contributed by atoms with Crippen molar-refractivity contribution in [3.05, 3.63) is 54.6 Å². The highest BCUT2D eigenvalue weighted by Crippen LogP contribution is 2.38. The molecule has 0 spiro atoms. The summed E-state index contributed by atoms with van der Waals surface area (Å²) in [7, 11) is 0. The van der Waals surface area contributed by atoms with Gasteiger partial charge in [-0.05, 0) is 24.5 Å². The fraction of sp³-hybridized carbons (Fsp3) is 0.263. The number of hydrogen-bond acceptors (Lipinski definition) is 8. The van der Waals surface area contributed by atoms with Crippen LogP contribution in [0.15, 0.2) is 47.8 Å². The predicted octanol–water partition coefficient (Wildman–Crippen LogP) is 2.86. The van der Waals surface area contributed by atoms with E-state index in [4.69, 9.17) is 10.3 Å². The Kier molecular flexibility index (Phi) is 4.34. The van der Waals surface area contributed by atoms with Gasteiger partial charge in [0.25, 0.3) is 5.89 Å². The summed E-state index contributed by atoms with van der Waals surface area (Å²) in [5.41, 5.74) is 8.30. The minimum absolute atomic E-state index is 0.201. The van der Waals surface area contributed by atoms with Crippen molar-refractivity contribution in [1.29, 1.82) is 0 Å². The van der Waals surface area contributed by atoms with Crippen molar-refractivity contribution in [2.75, 3.05) is 5.73 Å². The molecule has 9 nitrogen and oxygen atoms in total. The maximum atomic E-state index is 5.55. The Hall–Kier alpha value is -3.62. The van der Waals surface area contributed by atoms with Crippen molar-refractivity contribution in [3.63, 3.8) is 0 Å². The maximum absolute atomic E-state index is 5.55. The molecular formula is C19H20N8O. The molecule has 0 bridgehead atoms. The molecule has 1 unspecified atom stereocenters. The topological polar surface area (TPSA) is 132 Å². The number of aromatic nitrogens is 7. The lowest BCUT2D eigenvalue weighted by atomic mass is 9.73. The van der Waals surface area contributed by atoms with E-state index in [1.165, 1.54) is 0 Å². The van der Waals surface area contributed by atoms with Crippen LogP contribution in [0.1, 0.15) is 32.2 Å². The lowest BCUT2D eigenvalue weighted by Gasteiger charge is -2.30. The van der Waals surface area contributed by atoms with Crippen molar-refractivity contribution in [3.8, 4) is 22.8 Å². The van der Waals surface area contributed by atoms with E-state index in [1.807, 2.05) is 18.3 Å². The van der Waals surface area contributed by atoms with Crippen molar-refractivity contribution in [2.24, 2.45) is 5.92 Å². The van der Waals surface area contributed by atoms with Gasteiger partial charge < -0.3 is 15.2 Å². The summed E-state index contributed by atoms with van der Waals surface area (Å²) in [4.78, 5) is 24.2. The molecule has 4 aromatic rings. The minimum Gasteiger partial charge on any atom is -0.368 e. The first-order valence-corrected chi connectivity index (χ1v) is 8.86. The van der Waals surface area contributed by atoms with Crippen LogP contribution in [-0.2, 0) is 5.41 Å². The molecule has 0 saturated heterocycles. The number of rotatable bonds is 5. The molecule has 1 atom stereocenters. The third kappa shape index (κ3) is 3.00. The van der Waals surface area contributed by atoms with Crippen LogP contribution in [0.5, 0.6) is 0 Å². The number of aromatic amines is 1. The fourth-order valence-electron chi connectivity index (χ4n) is 2.98. The van der Waals surface area contributed by atoms with Crippen LogP contribution < -0.4 is 5.73 Å². The van der Waals surface area contributed by atoms with Crippen molar-refractivity contribution >= 4 is 5.95 Å². The van der Waals surface area contributed by atoms with Gasteiger partial charge in [0.05, 0.1) is 23.6 Å².